The zero-order chi connectivity index (χ0) is 13.0. The summed E-state index contributed by atoms with van der Waals surface area (Å²) in [6.07, 6.45) is 5.34. The van der Waals surface area contributed by atoms with E-state index in [4.69, 9.17) is 4.74 Å². The molecule has 0 bridgehead atoms. The number of aromatic nitrogens is 2. The van der Waals surface area contributed by atoms with E-state index in [1.165, 1.54) is 6.42 Å². The van der Waals surface area contributed by atoms with Crippen molar-refractivity contribution in [3.8, 4) is 0 Å². The summed E-state index contributed by atoms with van der Waals surface area (Å²) in [5.74, 6) is 1.56. The second-order valence-electron chi connectivity index (χ2n) is 4.85. The number of hydrogen-bond donors (Lipinski definition) is 2. The van der Waals surface area contributed by atoms with Crippen molar-refractivity contribution >= 4 is 11.8 Å². The average molecular weight is 250 g/mol. The third-order valence-electron chi connectivity index (χ3n) is 3.58. The Balaban J connectivity index is 2.01. The molecular formula is C13H22N4O. The van der Waals surface area contributed by atoms with Gasteiger partial charge in [-0.25, -0.2) is 4.98 Å². The van der Waals surface area contributed by atoms with E-state index in [-0.39, 0.29) is 5.60 Å². The van der Waals surface area contributed by atoms with Gasteiger partial charge >= 0.3 is 0 Å². The van der Waals surface area contributed by atoms with Gasteiger partial charge in [-0.3, -0.25) is 0 Å². The van der Waals surface area contributed by atoms with Gasteiger partial charge in [-0.1, -0.05) is 0 Å². The van der Waals surface area contributed by atoms with Crippen LogP contribution in [0.2, 0.25) is 0 Å². The van der Waals surface area contributed by atoms with Gasteiger partial charge in [-0.15, -0.1) is 0 Å². The summed E-state index contributed by atoms with van der Waals surface area (Å²) in [6, 6.07) is 0. The quantitative estimate of drug-likeness (QED) is 0.810. The van der Waals surface area contributed by atoms with Gasteiger partial charge in [0, 0.05) is 32.0 Å². The van der Waals surface area contributed by atoms with Gasteiger partial charge in [0.15, 0.2) is 0 Å². The van der Waals surface area contributed by atoms with Gasteiger partial charge in [0.2, 0.25) is 5.95 Å². The highest BCUT2D eigenvalue weighted by Gasteiger charge is 2.36. The minimum Gasteiger partial charge on any atom is -0.376 e. The van der Waals surface area contributed by atoms with Crippen molar-refractivity contribution < 1.29 is 4.74 Å². The van der Waals surface area contributed by atoms with Gasteiger partial charge in [0.25, 0.3) is 0 Å². The van der Waals surface area contributed by atoms with Crippen LogP contribution in [-0.2, 0) is 4.74 Å². The van der Waals surface area contributed by atoms with Crippen LogP contribution in [0.5, 0.6) is 0 Å². The molecule has 2 N–H and O–H groups in total. The Morgan fingerprint density at radius 2 is 2.17 bits per heavy atom. The minimum absolute atomic E-state index is 0.00966. The average Bonchev–Trinajstić information content (AvgIpc) is 2.32. The van der Waals surface area contributed by atoms with Gasteiger partial charge in [0.1, 0.15) is 5.82 Å². The molecule has 0 saturated heterocycles. The van der Waals surface area contributed by atoms with Crippen LogP contribution in [0.15, 0.2) is 6.20 Å². The molecular weight excluding hydrogens is 228 g/mol. The van der Waals surface area contributed by atoms with E-state index in [0.29, 0.717) is 5.95 Å². The van der Waals surface area contributed by atoms with E-state index in [0.717, 1.165) is 37.3 Å². The normalized spacial score (nSPS) is 17.1. The summed E-state index contributed by atoms with van der Waals surface area (Å²) in [4.78, 5) is 8.70. The number of nitrogens with zero attached hydrogens (tertiary/aromatic N) is 2. The van der Waals surface area contributed by atoms with Crippen LogP contribution < -0.4 is 10.6 Å². The lowest BCUT2D eigenvalue weighted by Crippen LogP contribution is -2.45. The number of ether oxygens (including phenoxy) is 1. The predicted octanol–water partition coefficient (Wildman–Crippen LogP) is 2.20. The Kier molecular flexibility index (Phi) is 4.01. The fourth-order valence-electron chi connectivity index (χ4n) is 2.13. The van der Waals surface area contributed by atoms with Crippen LogP contribution in [0, 0.1) is 6.92 Å². The van der Waals surface area contributed by atoms with E-state index in [9.17, 15) is 0 Å². The summed E-state index contributed by atoms with van der Waals surface area (Å²) in [6.45, 7) is 5.68. The Bertz CT molecular complexity index is 398. The summed E-state index contributed by atoms with van der Waals surface area (Å²) < 4.78 is 5.59. The second kappa shape index (κ2) is 5.52. The molecule has 100 valence electrons. The Hall–Kier alpha value is -1.36. The lowest BCUT2D eigenvalue weighted by molar-refractivity contribution is -0.0601. The maximum absolute atomic E-state index is 5.59. The van der Waals surface area contributed by atoms with Crippen molar-refractivity contribution in [1.29, 1.82) is 0 Å². The molecule has 0 aromatic carbocycles. The van der Waals surface area contributed by atoms with Crippen molar-refractivity contribution in [2.24, 2.45) is 0 Å². The molecule has 0 spiro atoms. The number of aryl methyl sites for hydroxylation is 1. The molecule has 0 radical (unpaired) electrons. The number of methoxy groups -OCH3 is 1. The molecule has 1 aromatic rings. The monoisotopic (exact) mass is 250 g/mol. The number of nitrogens with one attached hydrogen (secondary N) is 2. The zero-order valence-electron chi connectivity index (χ0n) is 11.4. The largest absolute Gasteiger partial charge is 0.376 e. The first-order chi connectivity index (χ1) is 8.69. The van der Waals surface area contributed by atoms with Gasteiger partial charge < -0.3 is 15.4 Å². The first kappa shape index (κ1) is 13.1. The zero-order valence-corrected chi connectivity index (χ0v) is 11.4. The fraction of sp³-hybridized carbons (Fsp3) is 0.692. The molecule has 0 unspecified atom stereocenters. The Morgan fingerprint density at radius 1 is 1.39 bits per heavy atom. The van der Waals surface area contributed by atoms with E-state index < -0.39 is 0 Å². The Morgan fingerprint density at radius 3 is 2.72 bits per heavy atom. The highest BCUT2D eigenvalue weighted by atomic mass is 16.5. The number of hydrogen-bond acceptors (Lipinski definition) is 5. The van der Waals surface area contributed by atoms with Crippen LogP contribution in [-0.4, -0.2) is 35.8 Å². The third kappa shape index (κ3) is 2.72. The summed E-state index contributed by atoms with van der Waals surface area (Å²) in [5, 5.41) is 6.51. The first-order valence-corrected chi connectivity index (χ1v) is 6.55. The molecule has 5 heteroatoms. The molecule has 0 amide bonds. The maximum Gasteiger partial charge on any atom is 0.224 e. The van der Waals surface area contributed by atoms with Gasteiger partial charge in [-0.05, 0) is 33.1 Å². The van der Waals surface area contributed by atoms with Crippen molar-refractivity contribution in [2.45, 2.75) is 38.7 Å². The highest BCUT2D eigenvalue weighted by Crippen LogP contribution is 2.35. The summed E-state index contributed by atoms with van der Waals surface area (Å²) >= 11 is 0. The van der Waals surface area contributed by atoms with E-state index in [2.05, 4.69) is 20.6 Å². The number of rotatable bonds is 6. The van der Waals surface area contributed by atoms with Crippen LogP contribution in [0.25, 0.3) is 0 Å². The van der Waals surface area contributed by atoms with Crippen molar-refractivity contribution in [1.82, 2.24) is 9.97 Å². The molecule has 0 atom stereocenters. The lowest BCUT2D eigenvalue weighted by Gasteiger charge is -2.40. The van der Waals surface area contributed by atoms with Crippen molar-refractivity contribution in [3.63, 3.8) is 0 Å². The predicted molar refractivity (Wildman–Crippen MR) is 73.0 cm³/mol. The van der Waals surface area contributed by atoms with E-state index >= 15 is 0 Å². The molecule has 0 aliphatic heterocycles. The fourth-order valence-corrected chi connectivity index (χ4v) is 2.13. The maximum atomic E-state index is 5.59. The molecule has 1 aliphatic rings. The second-order valence-corrected chi connectivity index (χ2v) is 4.85. The molecule has 2 rings (SSSR count). The lowest BCUT2D eigenvalue weighted by atomic mass is 9.80. The highest BCUT2D eigenvalue weighted by molar-refractivity contribution is 5.46. The SMILES string of the molecule is CCNc1ncc(C)c(NCC2(OC)CCC2)n1. The molecule has 5 nitrogen and oxygen atoms in total. The van der Waals surface area contributed by atoms with Crippen molar-refractivity contribution in [2.75, 3.05) is 30.8 Å². The number of anilines is 2. The standard InChI is InChI=1S/C13H22N4O/c1-4-14-12-15-8-10(2)11(17-12)16-9-13(18-3)6-5-7-13/h8H,4-7,9H2,1-3H3,(H2,14,15,16,17). The van der Waals surface area contributed by atoms with E-state index in [1.807, 2.05) is 20.0 Å². The van der Waals surface area contributed by atoms with Crippen LogP contribution in [0.1, 0.15) is 31.7 Å². The Labute approximate surface area is 108 Å². The van der Waals surface area contributed by atoms with Crippen LogP contribution >= 0.6 is 0 Å². The first-order valence-electron chi connectivity index (χ1n) is 6.55. The summed E-state index contributed by atoms with van der Waals surface area (Å²) in [5.41, 5.74) is 1.07. The smallest absolute Gasteiger partial charge is 0.224 e. The molecule has 1 saturated carbocycles. The van der Waals surface area contributed by atoms with Crippen LogP contribution in [0.3, 0.4) is 0 Å². The minimum atomic E-state index is 0.00966. The molecule has 1 heterocycles. The topological polar surface area (TPSA) is 59.1 Å². The van der Waals surface area contributed by atoms with E-state index in [1.54, 1.807) is 7.11 Å². The molecule has 1 aliphatic carbocycles. The van der Waals surface area contributed by atoms with Crippen LogP contribution in [0.4, 0.5) is 11.8 Å². The van der Waals surface area contributed by atoms with Gasteiger partial charge in [0.05, 0.1) is 5.60 Å². The molecule has 1 aromatic heterocycles. The molecule has 1 fully saturated rings. The molecule has 18 heavy (non-hydrogen) atoms. The third-order valence-corrected chi connectivity index (χ3v) is 3.58. The van der Waals surface area contributed by atoms with Crippen molar-refractivity contribution in [3.05, 3.63) is 11.8 Å². The van der Waals surface area contributed by atoms with Gasteiger partial charge in [-0.2, -0.15) is 4.98 Å². The summed E-state index contributed by atoms with van der Waals surface area (Å²) in [7, 11) is 1.79.